The minimum atomic E-state index is -0.178. The maximum Gasteiger partial charge on any atom is 0.161 e. The van der Waals surface area contributed by atoms with E-state index in [4.69, 9.17) is 0 Å². The molecule has 1 aliphatic rings. The fraction of sp³-hybridized carbons (Fsp3) is 0.533. The van der Waals surface area contributed by atoms with E-state index in [2.05, 4.69) is 24.2 Å². The number of rotatable bonds is 3. The molecule has 0 aromatic heterocycles. The smallest absolute Gasteiger partial charge is 0.161 e. The Balaban J connectivity index is 2.09. The molecule has 0 unspecified atom stereocenters. The van der Waals surface area contributed by atoms with E-state index >= 15 is 0 Å². The number of thioether (sulfide) groups is 1. The highest BCUT2D eigenvalue weighted by Crippen LogP contribution is 2.35. The Morgan fingerprint density at radius 1 is 1.37 bits per heavy atom. The Kier molecular flexibility index (Phi) is 4.50. The van der Waals surface area contributed by atoms with Crippen LogP contribution >= 0.6 is 11.8 Å². The molecule has 104 valence electrons. The molecule has 0 spiro atoms. The summed E-state index contributed by atoms with van der Waals surface area (Å²) in [6.07, 6.45) is 2.32. The molecular weight excluding hydrogens is 259 g/mol. The van der Waals surface area contributed by atoms with Crippen LogP contribution in [0.3, 0.4) is 0 Å². The first-order valence-electron chi connectivity index (χ1n) is 6.79. The molecule has 0 fully saturated rings. The predicted octanol–water partition coefficient (Wildman–Crippen LogP) is 4.46. The number of nitrogens with one attached hydrogen (secondary N) is 1. The lowest BCUT2D eigenvalue weighted by atomic mass is 9.84. The van der Waals surface area contributed by atoms with E-state index in [-0.39, 0.29) is 5.82 Å². The average molecular weight is 280 g/mol. The zero-order valence-corrected chi connectivity index (χ0v) is 12.6. The summed E-state index contributed by atoms with van der Waals surface area (Å²) >= 11 is 1.75. The van der Waals surface area contributed by atoms with Crippen LogP contribution in [0.5, 0.6) is 0 Å². The Morgan fingerprint density at radius 2 is 2.11 bits per heavy atom. The summed E-state index contributed by atoms with van der Waals surface area (Å²) in [5, 5.41) is 4.16. The summed E-state index contributed by atoms with van der Waals surface area (Å²) in [6, 6.07) is 5.10. The molecule has 0 atom stereocenters. The van der Waals surface area contributed by atoms with Crippen LogP contribution in [0.25, 0.3) is 0 Å². The van der Waals surface area contributed by atoms with Gasteiger partial charge in [0.05, 0.1) is 0 Å². The fourth-order valence-electron chi connectivity index (χ4n) is 2.16. The maximum absolute atomic E-state index is 13.5. The second kappa shape index (κ2) is 5.95. The van der Waals surface area contributed by atoms with E-state index in [0.717, 1.165) is 36.0 Å². The quantitative estimate of drug-likeness (QED) is 0.884. The standard InChI is InChI=1S/C15H21FN2S/c1-4-15(5-2)9-17-14(19-10-15)18-13-8-6-7-12(16)11(13)3/h6-8H,4-5,9-10H2,1-3H3,(H,17,18). The van der Waals surface area contributed by atoms with Crippen LogP contribution in [-0.2, 0) is 0 Å². The van der Waals surface area contributed by atoms with Crippen LogP contribution in [0, 0.1) is 18.2 Å². The Hall–Kier alpha value is -1.03. The molecule has 19 heavy (non-hydrogen) atoms. The SMILES string of the molecule is CCC1(CC)CN=C(Nc2cccc(F)c2C)SC1. The van der Waals surface area contributed by atoms with Crippen LogP contribution in [-0.4, -0.2) is 17.5 Å². The second-order valence-corrected chi connectivity index (χ2v) is 6.12. The van der Waals surface area contributed by atoms with Crippen molar-refractivity contribution in [2.75, 3.05) is 17.6 Å². The number of anilines is 1. The van der Waals surface area contributed by atoms with Gasteiger partial charge in [-0.05, 0) is 37.3 Å². The minimum Gasteiger partial charge on any atom is -0.335 e. The molecule has 1 aromatic rings. The van der Waals surface area contributed by atoms with Crippen molar-refractivity contribution < 1.29 is 4.39 Å². The molecule has 2 nitrogen and oxygen atoms in total. The normalized spacial score (nSPS) is 18.0. The van der Waals surface area contributed by atoms with Gasteiger partial charge in [-0.3, -0.25) is 4.99 Å². The van der Waals surface area contributed by atoms with Gasteiger partial charge in [-0.25, -0.2) is 4.39 Å². The van der Waals surface area contributed by atoms with Crippen LogP contribution in [0.15, 0.2) is 23.2 Å². The third-order valence-corrected chi connectivity index (χ3v) is 5.34. The van der Waals surface area contributed by atoms with Gasteiger partial charge in [0.1, 0.15) is 5.82 Å². The Morgan fingerprint density at radius 3 is 2.68 bits per heavy atom. The van der Waals surface area contributed by atoms with E-state index in [1.165, 1.54) is 6.07 Å². The predicted molar refractivity (Wildman–Crippen MR) is 82.5 cm³/mol. The molecule has 4 heteroatoms. The van der Waals surface area contributed by atoms with Gasteiger partial charge in [-0.15, -0.1) is 0 Å². The molecular formula is C15H21FN2S. The molecule has 1 aromatic carbocycles. The van der Waals surface area contributed by atoms with Gasteiger partial charge < -0.3 is 5.32 Å². The summed E-state index contributed by atoms with van der Waals surface area (Å²) in [6.45, 7) is 7.11. The van der Waals surface area contributed by atoms with E-state index in [0.29, 0.717) is 11.0 Å². The lowest BCUT2D eigenvalue weighted by molar-refractivity contribution is 0.318. The number of halogens is 1. The Labute approximate surface area is 118 Å². The molecule has 0 radical (unpaired) electrons. The monoisotopic (exact) mass is 280 g/mol. The highest BCUT2D eigenvalue weighted by molar-refractivity contribution is 8.14. The summed E-state index contributed by atoms with van der Waals surface area (Å²) in [5.74, 6) is 0.906. The third kappa shape index (κ3) is 3.11. The zero-order chi connectivity index (χ0) is 13.9. The van der Waals surface area contributed by atoms with Crippen molar-refractivity contribution in [2.24, 2.45) is 10.4 Å². The lowest BCUT2D eigenvalue weighted by Gasteiger charge is -2.33. The topological polar surface area (TPSA) is 24.4 Å². The molecule has 1 N–H and O–H groups in total. The van der Waals surface area contributed by atoms with E-state index in [9.17, 15) is 4.39 Å². The van der Waals surface area contributed by atoms with E-state index in [1.54, 1.807) is 24.8 Å². The van der Waals surface area contributed by atoms with Crippen molar-refractivity contribution in [3.8, 4) is 0 Å². The van der Waals surface area contributed by atoms with Gasteiger partial charge in [0.25, 0.3) is 0 Å². The summed E-state index contributed by atoms with van der Waals surface area (Å²) in [4.78, 5) is 4.64. The molecule has 0 bridgehead atoms. The van der Waals surface area contributed by atoms with Crippen molar-refractivity contribution in [3.63, 3.8) is 0 Å². The van der Waals surface area contributed by atoms with Gasteiger partial charge in [0.15, 0.2) is 5.17 Å². The first kappa shape index (κ1) is 14.4. The van der Waals surface area contributed by atoms with Crippen molar-refractivity contribution >= 4 is 22.6 Å². The summed E-state index contributed by atoms with van der Waals surface area (Å²) in [5.41, 5.74) is 1.80. The van der Waals surface area contributed by atoms with Gasteiger partial charge in [-0.1, -0.05) is 31.7 Å². The van der Waals surface area contributed by atoms with Gasteiger partial charge in [0.2, 0.25) is 0 Å². The van der Waals surface area contributed by atoms with Crippen molar-refractivity contribution in [2.45, 2.75) is 33.6 Å². The molecule has 1 aliphatic heterocycles. The average Bonchev–Trinajstić information content (AvgIpc) is 2.45. The fourth-order valence-corrected chi connectivity index (χ4v) is 3.44. The van der Waals surface area contributed by atoms with Gasteiger partial charge in [0, 0.05) is 23.5 Å². The molecule has 0 saturated heterocycles. The number of benzene rings is 1. The molecule has 2 rings (SSSR count). The number of aliphatic imine (C=N–C) groups is 1. The van der Waals surface area contributed by atoms with Gasteiger partial charge in [-0.2, -0.15) is 0 Å². The highest BCUT2D eigenvalue weighted by atomic mass is 32.2. The van der Waals surface area contributed by atoms with Crippen molar-refractivity contribution in [1.29, 1.82) is 0 Å². The first-order valence-corrected chi connectivity index (χ1v) is 7.78. The summed E-state index contributed by atoms with van der Waals surface area (Å²) in [7, 11) is 0. The van der Waals surface area contributed by atoms with Gasteiger partial charge >= 0.3 is 0 Å². The highest BCUT2D eigenvalue weighted by Gasteiger charge is 2.30. The van der Waals surface area contributed by atoms with E-state index < -0.39 is 0 Å². The van der Waals surface area contributed by atoms with Crippen molar-refractivity contribution in [1.82, 2.24) is 0 Å². The number of hydrogen-bond acceptors (Lipinski definition) is 3. The zero-order valence-electron chi connectivity index (χ0n) is 11.8. The molecule has 0 aliphatic carbocycles. The number of nitrogens with zero attached hydrogens (tertiary/aromatic N) is 1. The molecule has 0 amide bonds. The van der Waals surface area contributed by atoms with Crippen LogP contribution in [0.4, 0.5) is 10.1 Å². The number of hydrogen-bond donors (Lipinski definition) is 1. The maximum atomic E-state index is 13.5. The first-order chi connectivity index (χ1) is 9.10. The van der Waals surface area contributed by atoms with Crippen LogP contribution < -0.4 is 5.32 Å². The van der Waals surface area contributed by atoms with Crippen LogP contribution in [0.1, 0.15) is 32.3 Å². The molecule has 1 heterocycles. The largest absolute Gasteiger partial charge is 0.335 e. The third-order valence-electron chi connectivity index (χ3n) is 4.08. The second-order valence-electron chi connectivity index (χ2n) is 5.15. The minimum absolute atomic E-state index is 0.178. The number of amidine groups is 1. The summed E-state index contributed by atoms with van der Waals surface area (Å²) < 4.78 is 13.5. The van der Waals surface area contributed by atoms with E-state index in [1.807, 2.05) is 6.07 Å². The lowest BCUT2D eigenvalue weighted by Crippen LogP contribution is -2.32. The van der Waals surface area contributed by atoms with Crippen molar-refractivity contribution in [3.05, 3.63) is 29.6 Å². The molecule has 0 saturated carbocycles. The van der Waals surface area contributed by atoms with Crippen LogP contribution in [0.2, 0.25) is 0 Å². The Bertz CT molecular complexity index is 481.